The summed E-state index contributed by atoms with van der Waals surface area (Å²) in [7, 11) is 0. The van der Waals surface area contributed by atoms with Gasteiger partial charge in [0.05, 0.1) is 22.1 Å². The Hall–Kier alpha value is -8.00. The molecule has 0 atom stereocenters. The molecule has 1 aromatic heterocycles. The monoisotopic (exact) mass is 847 g/mol. The van der Waals surface area contributed by atoms with Crippen LogP contribution in [0.5, 0.6) is 0 Å². The quantitative estimate of drug-likeness (QED) is 0.134. The van der Waals surface area contributed by atoms with Crippen LogP contribution in [0.15, 0.2) is 243 Å². The molecule has 0 radical (unpaired) electrons. The molecule has 0 spiro atoms. The fraction of sp³-hybridized carbons (Fsp3) is 0.0769. The molecule has 0 unspecified atom stereocenters. The van der Waals surface area contributed by atoms with Crippen LogP contribution >= 0.6 is 0 Å². The Balaban J connectivity index is 0.00000263. The van der Waals surface area contributed by atoms with Crippen LogP contribution in [-0.4, -0.2) is 4.57 Å². The topological polar surface area (TPSA) is 4.93 Å². The van der Waals surface area contributed by atoms with Gasteiger partial charge >= 0.3 is 0 Å². The van der Waals surface area contributed by atoms with E-state index < -0.39 is 5.41 Å². The van der Waals surface area contributed by atoms with E-state index in [0.717, 1.165) is 0 Å². The van der Waals surface area contributed by atoms with Crippen molar-refractivity contribution < 1.29 is 1.43 Å². The minimum atomic E-state index is -0.570. The first-order valence-electron chi connectivity index (χ1n) is 22.8. The van der Waals surface area contributed by atoms with Gasteiger partial charge < -0.3 is 4.57 Å². The minimum absolute atomic E-state index is 0. The van der Waals surface area contributed by atoms with Crippen molar-refractivity contribution >= 4 is 21.8 Å². The Morgan fingerprint density at radius 2 is 0.788 bits per heavy atom. The van der Waals surface area contributed by atoms with Crippen LogP contribution in [0.25, 0.3) is 60.9 Å². The maximum absolute atomic E-state index is 2.53. The van der Waals surface area contributed by atoms with Crippen LogP contribution in [0, 0.1) is 13.8 Å². The van der Waals surface area contributed by atoms with Crippen LogP contribution in [0.1, 0.15) is 64.8 Å². The molecule has 12 rings (SSSR count). The van der Waals surface area contributed by atoms with Crippen LogP contribution < -0.4 is 0 Å². The van der Waals surface area contributed by atoms with Crippen molar-refractivity contribution in [2.75, 3.05) is 0 Å². The second-order valence-corrected chi connectivity index (χ2v) is 17.8. The van der Waals surface area contributed by atoms with Gasteiger partial charge in [0.2, 0.25) is 0 Å². The lowest BCUT2D eigenvalue weighted by Gasteiger charge is -2.42. The summed E-state index contributed by atoms with van der Waals surface area (Å²) in [5.74, 6) is 0.0545. The van der Waals surface area contributed by atoms with Gasteiger partial charge in [-0.2, -0.15) is 0 Å². The Morgan fingerprint density at radius 3 is 1.30 bits per heavy atom. The third-order valence-electron chi connectivity index (χ3n) is 14.0. The molecule has 0 fully saturated rings. The van der Waals surface area contributed by atoms with Gasteiger partial charge in [-0.1, -0.05) is 243 Å². The molecule has 10 aromatic carbocycles. The van der Waals surface area contributed by atoms with Crippen molar-refractivity contribution in [3.05, 3.63) is 293 Å². The molecular weight excluding hydrogens is 795 g/mol. The molecule has 0 aliphatic carbocycles. The van der Waals surface area contributed by atoms with Crippen LogP contribution in [0.3, 0.4) is 0 Å². The van der Waals surface area contributed by atoms with Gasteiger partial charge in [0.15, 0.2) is 0 Å². The van der Waals surface area contributed by atoms with E-state index in [1.54, 1.807) is 0 Å². The number of hydrogen-bond donors (Lipinski definition) is 0. The summed E-state index contributed by atoms with van der Waals surface area (Å²) in [5.41, 5.74) is 21.9. The third kappa shape index (κ3) is 6.62. The highest BCUT2D eigenvalue weighted by atomic mass is 15.0. The highest BCUT2D eigenvalue weighted by molar-refractivity contribution is 6.12. The second-order valence-electron chi connectivity index (χ2n) is 17.8. The highest BCUT2D eigenvalue weighted by Crippen LogP contribution is 2.55. The normalized spacial score (nSPS) is 12.5. The van der Waals surface area contributed by atoms with Crippen molar-refractivity contribution in [3.8, 4) is 39.1 Å². The molecule has 2 heterocycles. The summed E-state index contributed by atoms with van der Waals surface area (Å²) in [6.45, 7) is 4.36. The van der Waals surface area contributed by atoms with E-state index in [2.05, 4.69) is 261 Å². The Kier molecular flexibility index (Phi) is 10.2. The minimum Gasteiger partial charge on any atom is -0.309 e. The van der Waals surface area contributed by atoms with Crippen molar-refractivity contribution in [1.82, 2.24) is 4.57 Å². The fourth-order valence-electron chi connectivity index (χ4n) is 10.8. The molecule has 0 amide bonds. The number of hydrogen-bond acceptors (Lipinski definition) is 0. The molecular formula is C65H53N. The smallest absolute Gasteiger partial charge is 0.0742 e. The zero-order chi connectivity index (χ0) is 43.5. The van der Waals surface area contributed by atoms with Gasteiger partial charge in [-0.3, -0.25) is 0 Å². The maximum Gasteiger partial charge on any atom is 0.0742 e. The number of benzene rings is 10. The third-order valence-corrected chi connectivity index (χ3v) is 14.0. The molecule has 0 saturated carbocycles. The maximum atomic E-state index is 2.53. The number of aromatic nitrogens is 1. The number of aryl methyl sites for hydroxylation is 2. The lowest BCUT2D eigenvalue weighted by atomic mass is 9.62. The predicted octanol–water partition coefficient (Wildman–Crippen LogP) is 17.2. The van der Waals surface area contributed by atoms with Crippen molar-refractivity contribution in [2.24, 2.45) is 0 Å². The number of rotatable bonds is 8. The van der Waals surface area contributed by atoms with Crippen molar-refractivity contribution in [1.29, 1.82) is 0 Å². The number of para-hydroxylation sites is 2. The summed E-state index contributed by atoms with van der Waals surface area (Å²) in [5, 5.41) is 2.56. The standard InChI is InChI=1S/C64H47N.CH4.H2/c1-43-20-37-54(38-21-43)64(55-39-22-44(2)23-40-55)58-18-11-17-57-56-16-9-10-19-60(56)65(63(57)58)61-41-36-53(42-59(61)64)49-28-34-52(35-29-49)62(50-30-24-47(25-31-50)45-12-5-3-6-13-45)51-32-26-48(27-33-51)46-14-7-4-8-15-46;;/h3-42,62H,1-2H3;1H4;1H. The highest BCUT2D eigenvalue weighted by Gasteiger charge is 2.45. The molecule has 11 aromatic rings. The van der Waals surface area contributed by atoms with E-state index in [-0.39, 0.29) is 14.8 Å². The molecule has 0 N–H and O–H groups in total. The molecule has 1 nitrogen and oxygen atoms in total. The van der Waals surface area contributed by atoms with Gasteiger partial charge in [-0.15, -0.1) is 0 Å². The van der Waals surface area contributed by atoms with E-state index in [1.807, 2.05) is 0 Å². The predicted molar refractivity (Wildman–Crippen MR) is 281 cm³/mol. The largest absolute Gasteiger partial charge is 0.309 e. The Labute approximate surface area is 390 Å². The molecule has 1 heteroatoms. The van der Waals surface area contributed by atoms with Crippen LogP contribution in [-0.2, 0) is 5.41 Å². The van der Waals surface area contributed by atoms with Gasteiger partial charge in [-0.25, -0.2) is 0 Å². The van der Waals surface area contributed by atoms with Crippen molar-refractivity contribution in [2.45, 2.75) is 32.6 Å². The molecule has 1 aliphatic rings. The number of fused-ring (bicyclic) bond motifs is 5. The first-order valence-corrected chi connectivity index (χ1v) is 22.8. The summed E-state index contributed by atoms with van der Waals surface area (Å²) in [4.78, 5) is 0. The van der Waals surface area contributed by atoms with E-state index in [0.29, 0.717) is 0 Å². The van der Waals surface area contributed by atoms with Crippen LogP contribution in [0.2, 0.25) is 0 Å². The summed E-state index contributed by atoms with van der Waals surface area (Å²) >= 11 is 0. The van der Waals surface area contributed by atoms with Gasteiger partial charge in [0.1, 0.15) is 0 Å². The molecule has 318 valence electrons. The molecule has 66 heavy (non-hydrogen) atoms. The second kappa shape index (κ2) is 16.5. The average Bonchev–Trinajstić information content (AvgIpc) is 3.71. The molecule has 1 aliphatic heterocycles. The Bertz CT molecular complexity index is 3370. The lowest BCUT2D eigenvalue weighted by molar-refractivity contribution is 0.727. The van der Waals surface area contributed by atoms with Gasteiger partial charge in [0, 0.05) is 18.1 Å². The van der Waals surface area contributed by atoms with E-state index in [1.165, 1.54) is 111 Å². The number of nitrogens with zero attached hydrogens (tertiary/aromatic N) is 1. The zero-order valence-corrected chi connectivity index (χ0v) is 36.6. The SMILES string of the molecule is C.Cc1ccc(C2(c3ccc(C)cc3)c3cc(-c4ccc(C(c5ccc(-c6ccccc6)cc5)c5ccc(-c6ccccc6)cc5)cc4)ccc3-n3c4ccccc4c4cccc2c43)cc1.[HH]. The fourth-order valence-corrected chi connectivity index (χ4v) is 10.8. The van der Waals surface area contributed by atoms with E-state index in [4.69, 9.17) is 0 Å². The molecule has 0 bridgehead atoms. The van der Waals surface area contributed by atoms with Crippen molar-refractivity contribution in [3.63, 3.8) is 0 Å². The Morgan fingerprint density at radius 1 is 0.364 bits per heavy atom. The first-order chi connectivity index (χ1) is 32.0. The average molecular weight is 848 g/mol. The summed E-state index contributed by atoms with van der Waals surface area (Å²) < 4.78 is 2.53. The van der Waals surface area contributed by atoms with Crippen LogP contribution in [0.4, 0.5) is 0 Å². The van der Waals surface area contributed by atoms with Gasteiger partial charge in [0.25, 0.3) is 0 Å². The van der Waals surface area contributed by atoms with E-state index in [9.17, 15) is 0 Å². The van der Waals surface area contributed by atoms with E-state index >= 15 is 0 Å². The molecule has 0 saturated heterocycles. The van der Waals surface area contributed by atoms with Gasteiger partial charge in [-0.05, 0) is 104 Å². The zero-order valence-electron chi connectivity index (χ0n) is 36.6. The summed E-state index contributed by atoms with van der Waals surface area (Å²) in [6.07, 6.45) is 0. The first kappa shape index (κ1) is 40.8. The lowest BCUT2D eigenvalue weighted by Crippen LogP contribution is -2.35. The summed E-state index contributed by atoms with van der Waals surface area (Å²) in [6, 6.07) is 90.6.